The second kappa shape index (κ2) is 7.13. The quantitative estimate of drug-likeness (QED) is 0.944. The molecule has 0 bridgehead atoms. The summed E-state index contributed by atoms with van der Waals surface area (Å²) in [5, 5.41) is 2.83. The van der Waals surface area contributed by atoms with Gasteiger partial charge in [0.15, 0.2) is 11.5 Å². The average Bonchev–Trinajstić information content (AvgIpc) is 2.77. The van der Waals surface area contributed by atoms with Crippen LogP contribution in [-0.2, 0) is 17.8 Å². The summed E-state index contributed by atoms with van der Waals surface area (Å²) < 4.78 is 24.3. The Kier molecular flexibility index (Phi) is 4.76. The summed E-state index contributed by atoms with van der Waals surface area (Å²) in [6.07, 6.45) is 1.01. The van der Waals surface area contributed by atoms with Gasteiger partial charge in [-0.15, -0.1) is 0 Å². The molecule has 0 fully saturated rings. The maximum atomic E-state index is 13.1. The van der Waals surface area contributed by atoms with Crippen molar-refractivity contribution >= 4 is 5.91 Å². The molecule has 0 spiro atoms. The third kappa shape index (κ3) is 4.22. The van der Waals surface area contributed by atoms with Gasteiger partial charge >= 0.3 is 0 Å². The van der Waals surface area contributed by atoms with E-state index in [2.05, 4.69) is 5.32 Å². The highest BCUT2D eigenvalue weighted by Crippen LogP contribution is 2.30. The third-order valence-electron chi connectivity index (χ3n) is 3.56. The van der Waals surface area contributed by atoms with E-state index in [1.54, 1.807) is 12.1 Å². The maximum absolute atomic E-state index is 13.1. The molecule has 0 aromatic heterocycles. The maximum Gasteiger partial charge on any atom is 0.224 e. The summed E-state index contributed by atoms with van der Waals surface area (Å²) in [5.74, 6) is 0.956. The van der Waals surface area contributed by atoms with Crippen molar-refractivity contribution in [3.8, 4) is 11.5 Å². The highest BCUT2D eigenvalue weighted by molar-refractivity contribution is 5.78. The second-order valence-corrected chi connectivity index (χ2v) is 5.41. The van der Waals surface area contributed by atoms with Gasteiger partial charge in [0.25, 0.3) is 0 Å². The van der Waals surface area contributed by atoms with Gasteiger partial charge in [0.05, 0.1) is 19.6 Å². The lowest BCUT2D eigenvalue weighted by molar-refractivity contribution is -0.120. The number of amides is 1. The number of benzene rings is 2. The monoisotopic (exact) mass is 315 g/mol. The minimum Gasteiger partial charge on any atom is -0.490 e. The van der Waals surface area contributed by atoms with Crippen molar-refractivity contribution in [3.05, 3.63) is 59.4 Å². The molecule has 1 N–H and O–H groups in total. The Morgan fingerprint density at radius 1 is 1.04 bits per heavy atom. The Hall–Kier alpha value is -2.56. The van der Waals surface area contributed by atoms with E-state index in [-0.39, 0.29) is 18.1 Å². The van der Waals surface area contributed by atoms with Gasteiger partial charge in [-0.05, 0) is 35.4 Å². The van der Waals surface area contributed by atoms with E-state index in [9.17, 15) is 9.18 Å². The van der Waals surface area contributed by atoms with Gasteiger partial charge < -0.3 is 14.8 Å². The molecule has 1 amide bonds. The van der Waals surface area contributed by atoms with Crippen molar-refractivity contribution in [2.45, 2.75) is 19.4 Å². The molecule has 2 aromatic carbocycles. The molecule has 1 aliphatic heterocycles. The second-order valence-electron chi connectivity index (χ2n) is 5.41. The van der Waals surface area contributed by atoms with E-state index in [1.807, 2.05) is 18.2 Å². The number of ether oxygens (including phenoxy) is 2. The fourth-order valence-corrected chi connectivity index (χ4v) is 2.41. The lowest BCUT2D eigenvalue weighted by atomic mass is 10.1. The van der Waals surface area contributed by atoms with Gasteiger partial charge in [-0.1, -0.05) is 18.2 Å². The topological polar surface area (TPSA) is 47.6 Å². The molecule has 1 heterocycles. The average molecular weight is 315 g/mol. The minimum atomic E-state index is -0.335. The number of carbonyl (C=O) groups excluding carboxylic acids is 1. The van der Waals surface area contributed by atoms with Gasteiger partial charge in [0.1, 0.15) is 5.82 Å². The molecular formula is C18H18FNO3. The first kappa shape index (κ1) is 15.3. The van der Waals surface area contributed by atoms with Crippen LogP contribution in [0.3, 0.4) is 0 Å². The lowest BCUT2D eigenvalue weighted by Gasteiger charge is -2.10. The van der Waals surface area contributed by atoms with Crippen molar-refractivity contribution in [3.63, 3.8) is 0 Å². The van der Waals surface area contributed by atoms with Gasteiger partial charge in [-0.3, -0.25) is 4.79 Å². The van der Waals surface area contributed by atoms with Crippen molar-refractivity contribution in [1.29, 1.82) is 0 Å². The number of carbonyl (C=O) groups is 1. The SMILES string of the molecule is O=C(Cc1cccc(F)c1)NCc1ccc2c(c1)OCCCO2. The zero-order valence-corrected chi connectivity index (χ0v) is 12.7. The van der Waals surface area contributed by atoms with Gasteiger partial charge in [0, 0.05) is 13.0 Å². The fourth-order valence-electron chi connectivity index (χ4n) is 2.41. The molecule has 0 unspecified atom stereocenters. The Bertz CT molecular complexity index is 702. The Labute approximate surface area is 134 Å². The van der Waals surface area contributed by atoms with Gasteiger partial charge in [0.2, 0.25) is 5.91 Å². The number of fused-ring (bicyclic) bond motifs is 1. The standard InChI is InChI=1S/C18H18FNO3/c19-15-4-1-3-13(9-15)11-18(21)20-12-14-5-6-16-17(10-14)23-8-2-7-22-16/h1,3-6,9-10H,2,7-8,11-12H2,(H,20,21). The predicted molar refractivity (Wildman–Crippen MR) is 84.0 cm³/mol. The molecule has 120 valence electrons. The molecule has 5 heteroatoms. The summed E-state index contributed by atoms with van der Waals surface area (Å²) >= 11 is 0. The van der Waals surface area contributed by atoms with Crippen molar-refractivity contribution in [2.75, 3.05) is 13.2 Å². The molecule has 3 rings (SSSR count). The molecule has 0 saturated heterocycles. The first-order valence-corrected chi connectivity index (χ1v) is 7.60. The summed E-state index contributed by atoms with van der Waals surface area (Å²) in [4.78, 5) is 12.0. The molecule has 23 heavy (non-hydrogen) atoms. The Balaban J connectivity index is 1.57. The number of hydrogen-bond acceptors (Lipinski definition) is 3. The number of nitrogens with one attached hydrogen (secondary N) is 1. The van der Waals surface area contributed by atoms with Crippen molar-refractivity contribution in [1.82, 2.24) is 5.32 Å². The molecule has 2 aromatic rings. The summed E-state index contributed by atoms with van der Waals surface area (Å²) in [6, 6.07) is 11.7. The molecule has 0 radical (unpaired) electrons. The van der Waals surface area contributed by atoms with E-state index in [4.69, 9.17) is 9.47 Å². The van der Waals surface area contributed by atoms with Crippen LogP contribution < -0.4 is 14.8 Å². The van der Waals surface area contributed by atoms with Gasteiger partial charge in [-0.2, -0.15) is 0 Å². The van der Waals surface area contributed by atoms with Crippen LogP contribution in [0.2, 0.25) is 0 Å². The Morgan fingerprint density at radius 2 is 1.87 bits per heavy atom. The first-order valence-electron chi connectivity index (χ1n) is 7.60. The van der Waals surface area contributed by atoms with Crippen LogP contribution in [0.5, 0.6) is 11.5 Å². The zero-order valence-electron chi connectivity index (χ0n) is 12.7. The molecular weight excluding hydrogens is 297 g/mol. The highest BCUT2D eigenvalue weighted by Gasteiger charge is 2.11. The first-order chi connectivity index (χ1) is 11.2. The fraction of sp³-hybridized carbons (Fsp3) is 0.278. The van der Waals surface area contributed by atoms with Crippen LogP contribution in [-0.4, -0.2) is 19.1 Å². The smallest absolute Gasteiger partial charge is 0.224 e. The number of halogens is 1. The zero-order chi connectivity index (χ0) is 16.1. The van der Waals surface area contributed by atoms with Crippen molar-refractivity contribution < 1.29 is 18.7 Å². The Morgan fingerprint density at radius 3 is 2.70 bits per heavy atom. The van der Waals surface area contributed by atoms with E-state index in [0.717, 1.165) is 17.7 Å². The molecule has 0 aliphatic carbocycles. The minimum absolute atomic E-state index is 0.150. The van der Waals surface area contributed by atoms with E-state index in [1.165, 1.54) is 12.1 Å². The third-order valence-corrected chi connectivity index (χ3v) is 3.56. The van der Waals surface area contributed by atoms with Crippen LogP contribution in [0.1, 0.15) is 17.5 Å². The summed E-state index contributed by atoms with van der Waals surface area (Å²) in [5.41, 5.74) is 1.59. The molecule has 0 atom stereocenters. The number of hydrogen-bond donors (Lipinski definition) is 1. The summed E-state index contributed by atoms with van der Waals surface area (Å²) in [6.45, 7) is 1.67. The largest absolute Gasteiger partial charge is 0.490 e. The predicted octanol–water partition coefficient (Wildman–Crippen LogP) is 2.85. The molecule has 0 saturated carbocycles. The number of rotatable bonds is 4. The molecule has 4 nitrogen and oxygen atoms in total. The van der Waals surface area contributed by atoms with Crippen LogP contribution in [0.4, 0.5) is 4.39 Å². The normalized spacial score (nSPS) is 13.3. The van der Waals surface area contributed by atoms with E-state index >= 15 is 0 Å². The van der Waals surface area contributed by atoms with Crippen molar-refractivity contribution in [2.24, 2.45) is 0 Å². The van der Waals surface area contributed by atoms with Crippen LogP contribution in [0.25, 0.3) is 0 Å². The van der Waals surface area contributed by atoms with Crippen LogP contribution >= 0.6 is 0 Å². The van der Waals surface area contributed by atoms with E-state index in [0.29, 0.717) is 31.1 Å². The summed E-state index contributed by atoms with van der Waals surface area (Å²) in [7, 11) is 0. The highest BCUT2D eigenvalue weighted by atomic mass is 19.1. The van der Waals surface area contributed by atoms with E-state index < -0.39 is 0 Å². The van der Waals surface area contributed by atoms with Crippen LogP contribution in [0, 0.1) is 5.82 Å². The lowest BCUT2D eigenvalue weighted by Crippen LogP contribution is -2.24. The van der Waals surface area contributed by atoms with Crippen LogP contribution in [0.15, 0.2) is 42.5 Å². The van der Waals surface area contributed by atoms with Gasteiger partial charge in [-0.25, -0.2) is 4.39 Å². The molecule has 1 aliphatic rings.